The summed E-state index contributed by atoms with van der Waals surface area (Å²) in [7, 11) is 1.66. The lowest BCUT2D eigenvalue weighted by molar-refractivity contribution is -0.116. The van der Waals surface area contributed by atoms with Crippen LogP contribution in [0.5, 0.6) is 11.6 Å². The molecule has 1 N–H and O–H groups in total. The van der Waals surface area contributed by atoms with Crippen molar-refractivity contribution in [1.29, 1.82) is 0 Å². The summed E-state index contributed by atoms with van der Waals surface area (Å²) >= 11 is 3.39. The molecule has 0 aliphatic rings. The minimum absolute atomic E-state index is 0.0245. The van der Waals surface area contributed by atoms with Crippen LogP contribution in [0, 0.1) is 0 Å². The zero-order valence-electron chi connectivity index (χ0n) is 12.9. The Bertz CT molecular complexity index is 632. The number of amides is 1. The van der Waals surface area contributed by atoms with Crippen LogP contribution in [0.3, 0.4) is 0 Å². The molecule has 0 aliphatic heterocycles. The molecular weight excluding hydrogens is 360 g/mol. The summed E-state index contributed by atoms with van der Waals surface area (Å²) in [6.07, 6.45) is 3.73. The third kappa shape index (κ3) is 6.38. The van der Waals surface area contributed by atoms with Crippen LogP contribution in [0.4, 0.5) is 5.69 Å². The Kier molecular flexibility index (Phi) is 7.03. The van der Waals surface area contributed by atoms with E-state index in [1.807, 2.05) is 24.3 Å². The first-order valence-corrected chi connectivity index (χ1v) is 8.15. The lowest BCUT2D eigenvalue weighted by Crippen LogP contribution is -2.11. The van der Waals surface area contributed by atoms with Gasteiger partial charge in [-0.2, -0.15) is 0 Å². The zero-order valence-corrected chi connectivity index (χ0v) is 14.5. The summed E-state index contributed by atoms with van der Waals surface area (Å²) < 4.78 is 11.5. The van der Waals surface area contributed by atoms with E-state index in [0.717, 1.165) is 17.3 Å². The van der Waals surface area contributed by atoms with E-state index in [9.17, 15) is 4.79 Å². The SMILES string of the molecule is COCCCCC(=O)Nc1ccc(Oc2cccc(Br)c2)nc1. The van der Waals surface area contributed by atoms with Gasteiger partial charge in [0.2, 0.25) is 11.8 Å². The molecule has 0 radical (unpaired) electrons. The third-order valence-electron chi connectivity index (χ3n) is 3.04. The van der Waals surface area contributed by atoms with Crippen molar-refractivity contribution in [3.63, 3.8) is 0 Å². The van der Waals surface area contributed by atoms with Gasteiger partial charge in [-0.05, 0) is 37.1 Å². The summed E-state index contributed by atoms with van der Waals surface area (Å²) in [5.41, 5.74) is 0.656. The van der Waals surface area contributed by atoms with Gasteiger partial charge in [0, 0.05) is 30.7 Å². The molecule has 0 spiro atoms. The van der Waals surface area contributed by atoms with E-state index in [1.54, 1.807) is 25.4 Å². The van der Waals surface area contributed by atoms with Gasteiger partial charge < -0.3 is 14.8 Å². The Morgan fingerprint density at radius 1 is 1.26 bits per heavy atom. The third-order valence-corrected chi connectivity index (χ3v) is 3.53. The standard InChI is InChI=1S/C17H19BrN2O3/c1-22-10-3-2-7-16(21)20-14-8-9-17(19-12-14)23-15-6-4-5-13(18)11-15/h4-6,8-9,11-12H,2-3,7,10H2,1H3,(H,20,21). The molecule has 0 saturated heterocycles. The van der Waals surface area contributed by atoms with Gasteiger partial charge in [0.1, 0.15) is 5.75 Å². The van der Waals surface area contributed by atoms with Gasteiger partial charge in [-0.3, -0.25) is 4.79 Å². The molecule has 0 unspecified atom stereocenters. The summed E-state index contributed by atoms with van der Waals surface area (Å²) in [6, 6.07) is 11.0. The van der Waals surface area contributed by atoms with Crippen molar-refractivity contribution in [3.8, 4) is 11.6 Å². The number of anilines is 1. The fourth-order valence-corrected chi connectivity index (χ4v) is 2.30. The second kappa shape index (κ2) is 9.27. The molecular formula is C17H19BrN2O3. The number of aromatic nitrogens is 1. The van der Waals surface area contributed by atoms with Crippen LogP contribution < -0.4 is 10.1 Å². The molecule has 1 heterocycles. The fourth-order valence-electron chi connectivity index (χ4n) is 1.92. The maximum atomic E-state index is 11.8. The minimum atomic E-state index is -0.0245. The number of nitrogens with zero attached hydrogens (tertiary/aromatic N) is 1. The quantitative estimate of drug-likeness (QED) is 0.691. The number of nitrogens with one attached hydrogen (secondary N) is 1. The van der Waals surface area contributed by atoms with E-state index in [0.29, 0.717) is 30.3 Å². The van der Waals surface area contributed by atoms with Gasteiger partial charge in [-0.25, -0.2) is 4.98 Å². The first-order chi connectivity index (χ1) is 11.2. The van der Waals surface area contributed by atoms with Gasteiger partial charge in [-0.15, -0.1) is 0 Å². The monoisotopic (exact) mass is 378 g/mol. The zero-order chi connectivity index (χ0) is 16.5. The summed E-state index contributed by atoms with van der Waals surface area (Å²) in [4.78, 5) is 16.0. The lowest BCUT2D eigenvalue weighted by Gasteiger charge is -2.07. The van der Waals surface area contributed by atoms with E-state index in [-0.39, 0.29) is 5.91 Å². The Morgan fingerprint density at radius 3 is 2.83 bits per heavy atom. The molecule has 2 aromatic rings. The number of hydrogen-bond acceptors (Lipinski definition) is 4. The van der Waals surface area contributed by atoms with Crippen LogP contribution in [-0.2, 0) is 9.53 Å². The van der Waals surface area contributed by atoms with Crippen LogP contribution in [0.15, 0.2) is 47.1 Å². The van der Waals surface area contributed by atoms with Gasteiger partial charge in [0.05, 0.1) is 11.9 Å². The predicted molar refractivity (Wildman–Crippen MR) is 92.8 cm³/mol. The van der Waals surface area contributed by atoms with Crippen molar-refractivity contribution in [2.24, 2.45) is 0 Å². The molecule has 1 aromatic carbocycles. The first kappa shape index (κ1) is 17.4. The average Bonchev–Trinajstić information content (AvgIpc) is 2.54. The molecule has 1 amide bonds. The first-order valence-electron chi connectivity index (χ1n) is 7.35. The molecule has 122 valence electrons. The highest BCUT2D eigenvalue weighted by Crippen LogP contribution is 2.23. The second-order valence-corrected chi connectivity index (χ2v) is 5.86. The lowest BCUT2D eigenvalue weighted by atomic mass is 10.2. The summed E-state index contributed by atoms with van der Waals surface area (Å²) in [5, 5.41) is 2.81. The number of pyridine rings is 1. The Labute approximate surface area is 144 Å². The molecule has 0 aliphatic carbocycles. The van der Waals surface area contributed by atoms with Crippen molar-refractivity contribution in [1.82, 2.24) is 4.98 Å². The molecule has 6 heteroatoms. The summed E-state index contributed by atoms with van der Waals surface area (Å²) in [5.74, 6) is 1.14. The van der Waals surface area contributed by atoms with Crippen molar-refractivity contribution in [2.75, 3.05) is 19.0 Å². The highest BCUT2D eigenvalue weighted by molar-refractivity contribution is 9.10. The van der Waals surface area contributed by atoms with Gasteiger partial charge in [-0.1, -0.05) is 22.0 Å². The predicted octanol–water partition coefficient (Wildman–Crippen LogP) is 4.39. The molecule has 0 bridgehead atoms. The maximum absolute atomic E-state index is 11.8. The number of methoxy groups -OCH3 is 1. The number of carbonyl (C=O) groups excluding carboxylic acids is 1. The molecule has 23 heavy (non-hydrogen) atoms. The van der Waals surface area contributed by atoms with E-state index in [2.05, 4.69) is 26.2 Å². The topological polar surface area (TPSA) is 60.5 Å². The van der Waals surface area contributed by atoms with Crippen LogP contribution in [0.25, 0.3) is 0 Å². The number of halogens is 1. The molecule has 2 rings (SSSR count). The Morgan fingerprint density at radius 2 is 2.13 bits per heavy atom. The second-order valence-electron chi connectivity index (χ2n) is 4.94. The van der Waals surface area contributed by atoms with Crippen LogP contribution >= 0.6 is 15.9 Å². The average molecular weight is 379 g/mol. The van der Waals surface area contributed by atoms with Gasteiger partial charge >= 0.3 is 0 Å². The Hall–Kier alpha value is -1.92. The van der Waals surface area contributed by atoms with Crippen LogP contribution in [0.1, 0.15) is 19.3 Å². The number of rotatable bonds is 8. The molecule has 0 atom stereocenters. The molecule has 0 saturated carbocycles. The number of benzene rings is 1. The minimum Gasteiger partial charge on any atom is -0.439 e. The van der Waals surface area contributed by atoms with Crippen LogP contribution in [-0.4, -0.2) is 24.6 Å². The van der Waals surface area contributed by atoms with Crippen LogP contribution in [0.2, 0.25) is 0 Å². The highest BCUT2D eigenvalue weighted by atomic mass is 79.9. The smallest absolute Gasteiger partial charge is 0.224 e. The summed E-state index contributed by atoms with van der Waals surface area (Å²) in [6.45, 7) is 0.677. The number of unbranched alkanes of at least 4 members (excludes halogenated alkanes) is 1. The van der Waals surface area contributed by atoms with Crippen molar-refractivity contribution in [2.45, 2.75) is 19.3 Å². The number of hydrogen-bond donors (Lipinski definition) is 1. The van der Waals surface area contributed by atoms with Crippen molar-refractivity contribution in [3.05, 3.63) is 47.1 Å². The number of carbonyl (C=O) groups is 1. The number of ether oxygens (including phenoxy) is 2. The Balaban J connectivity index is 1.83. The van der Waals surface area contributed by atoms with Gasteiger partial charge in [0.25, 0.3) is 0 Å². The molecule has 1 aromatic heterocycles. The fraction of sp³-hybridized carbons (Fsp3) is 0.294. The van der Waals surface area contributed by atoms with E-state index in [4.69, 9.17) is 9.47 Å². The van der Waals surface area contributed by atoms with Crippen molar-refractivity contribution < 1.29 is 14.3 Å². The van der Waals surface area contributed by atoms with Crippen molar-refractivity contribution >= 4 is 27.5 Å². The molecule has 5 nitrogen and oxygen atoms in total. The van der Waals surface area contributed by atoms with Gasteiger partial charge in [0.15, 0.2) is 0 Å². The van der Waals surface area contributed by atoms with E-state index in [1.165, 1.54) is 0 Å². The normalized spacial score (nSPS) is 10.3. The highest BCUT2D eigenvalue weighted by Gasteiger charge is 2.04. The molecule has 0 fully saturated rings. The largest absolute Gasteiger partial charge is 0.439 e. The maximum Gasteiger partial charge on any atom is 0.224 e. The van der Waals surface area contributed by atoms with E-state index < -0.39 is 0 Å². The van der Waals surface area contributed by atoms with E-state index >= 15 is 0 Å².